The maximum absolute atomic E-state index is 12.2. The van der Waals surface area contributed by atoms with Crippen molar-refractivity contribution in [2.24, 2.45) is 11.8 Å². The molecule has 0 spiro atoms. The normalized spacial score (nSPS) is 24.0. The van der Waals surface area contributed by atoms with Gasteiger partial charge < -0.3 is 9.64 Å². The van der Waals surface area contributed by atoms with Crippen LogP contribution in [0.15, 0.2) is 30.3 Å². The summed E-state index contributed by atoms with van der Waals surface area (Å²) in [7, 11) is 1.75. The number of carbonyl (C=O) groups is 1. The van der Waals surface area contributed by atoms with Gasteiger partial charge in [-0.15, -0.1) is 0 Å². The summed E-state index contributed by atoms with van der Waals surface area (Å²) in [4.78, 5) is 14.2. The lowest BCUT2D eigenvalue weighted by Crippen LogP contribution is -2.49. The van der Waals surface area contributed by atoms with Gasteiger partial charge in [-0.2, -0.15) is 0 Å². The van der Waals surface area contributed by atoms with E-state index in [2.05, 4.69) is 26.0 Å². The first-order valence-electron chi connectivity index (χ1n) is 6.96. The number of benzene rings is 1. The molecule has 2 atom stereocenters. The smallest absolute Gasteiger partial charge is 0.223 e. The van der Waals surface area contributed by atoms with Crippen LogP contribution in [0.1, 0.15) is 25.8 Å². The number of carbonyl (C=O) groups excluding carboxylic acids is 1. The van der Waals surface area contributed by atoms with Crippen LogP contribution in [0.25, 0.3) is 0 Å². The minimum Gasteiger partial charge on any atom is -0.379 e. The Morgan fingerprint density at radius 2 is 2.00 bits per heavy atom. The van der Waals surface area contributed by atoms with E-state index in [9.17, 15) is 4.79 Å². The highest BCUT2D eigenvalue weighted by Crippen LogP contribution is 2.28. The molecule has 19 heavy (non-hydrogen) atoms. The minimum atomic E-state index is 0.154. The van der Waals surface area contributed by atoms with Gasteiger partial charge in [-0.1, -0.05) is 44.2 Å². The minimum absolute atomic E-state index is 0.154. The number of rotatable bonds is 4. The summed E-state index contributed by atoms with van der Waals surface area (Å²) in [6.45, 7) is 5.71. The van der Waals surface area contributed by atoms with E-state index in [1.54, 1.807) is 7.11 Å². The first kappa shape index (κ1) is 14.1. The molecule has 2 rings (SSSR count). The van der Waals surface area contributed by atoms with Crippen molar-refractivity contribution in [1.29, 1.82) is 0 Å². The van der Waals surface area contributed by atoms with Crippen molar-refractivity contribution in [3.05, 3.63) is 35.9 Å². The highest BCUT2D eigenvalue weighted by atomic mass is 16.5. The Morgan fingerprint density at radius 3 is 2.58 bits per heavy atom. The van der Waals surface area contributed by atoms with Crippen LogP contribution in [0.2, 0.25) is 0 Å². The van der Waals surface area contributed by atoms with Crippen molar-refractivity contribution in [3.63, 3.8) is 0 Å². The number of amides is 1. The number of hydrogen-bond donors (Lipinski definition) is 0. The molecule has 1 aliphatic rings. The Balaban J connectivity index is 2.05. The van der Waals surface area contributed by atoms with Crippen LogP contribution in [0, 0.1) is 11.8 Å². The zero-order chi connectivity index (χ0) is 13.8. The fraction of sp³-hybridized carbons (Fsp3) is 0.562. The van der Waals surface area contributed by atoms with Crippen LogP contribution in [-0.4, -0.2) is 30.6 Å². The number of methoxy groups -OCH3 is 1. The first-order valence-corrected chi connectivity index (χ1v) is 6.96. The lowest BCUT2D eigenvalue weighted by atomic mass is 9.84. The summed E-state index contributed by atoms with van der Waals surface area (Å²) in [5.41, 5.74) is 1.17. The van der Waals surface area contributed by atoms with Gasteiger partial charge in [-0.25, -0.2) is 0 Å². The Bertz CT molecular complexity index is 416. The molecule has 1 fully saturated rings. The summed E-state index contributed by atoms with van der Waals surface area (Å²) in [6.07, 6.45) is 0.754. The molecule has 1 saturated heterocycles. The third-order valence-corrected chi connectivity index (χ3v) is 4.02. The van der Waals surface area contributed by atoms with E-state index in [-0.39, 0.29) is 12.0 Å². The molecule has 1 amide bonds. The molecule has 0 aromatic heterocycles. The molecular formula is C16H23NO2. The van der Waals surface area contributed by atoms with E-state index in [1.165, 1.54) is 5.56 Å². The van der Waals surface area contributed by atoms with E-state index in [0.29, 0.717) is 31.3 Å². The molecule has 0 saturated carbocycles. The summed E-state index contributed by atoms with van der Waals surface area (Å²) in [6, 6.07) is 10.1. The van der Waals surface area contributed by atoms with Gasteiger partial charge in [0.25, 0.3) is 0 Å². The topological polar surface area (TPSA) is 29.5 Å². The second-order valence-electron chi connectivity index (χ2n) is 5.65. The summed E-state index contributed by atoms with van der Waals surface area (Å²) in [5.74, 6) is 1.06. The van der Waals surface area contributed by atoms with Crippen molar-refractivity contribution in [1.82, 2.24) is 4.90 Å². The average molecular weight is 261 g/mol. The third-order valence-electron chi connectivity index (χ3n) is 4.02. The Hall–Kier alpha value is -1.35. The number of piperidine rings is 1. The predicted molar refractivity (Wildman–Crippen MR) is 75.6 cm³/mol. The average Bonchev–Trinajstić information content (AvgIpc) is 2.41. The largest absolute Gasteiger partial charge is 0.379 e. The SMILES string of the molecule is COC1CN(Cc2ccccc2)C(=O)CC1C(C)C. The van der Waals surface area contributed by atoms with Gasteiger partial charge in [-0.3, -0.25) is 4.79 Å². The van der Waals surface area contributed by atoms with E-state index in [0.717, 1.165) is 0 Å². The monoisotopic (exact) mass is 261 g/mol. The van der Waals surface area contributed by atoms with Crippen molar-refractivity contribution in [2.45, 2.75) is 32.9 Å². The van der Waals surface area contributed by atoms with Crippen LogP contribution in [-0.2, 0) is 16.1 Å². The molecule has 1 aromatic rings. The fourth-order valence-electron chi connectivity index (χ4n) is 2.79. The van der Waals surface area contributed by atoms with Gasteiger partial charge in [0.05, 0.1) is 6.10 Å². The quantitative estimate of drug-likeness (QED) is 0.834. The molecule has 104 valence electrons. The lowest BCUT2D eigenvalue weighted by Gasteiger charge is -2.39. The van der Waals surface area contributed by atoms with Gasteiger partial charge in [0.15, 0.2) is 0 Å². The Kier molecular flexibility index (Phi) is 4.59. The van der Waals surface area contributed by atoms with Crippen LogP contribution >= 0.6 is 0 Å². The van der Waals surface area contributed by atoms with Crippen LogP contribution in [0.4, 0.5) is 0 Å². The van der Waals surface area contributed by atoms with Gasteiger partial charge in [-0.05, 0) is 17.4 Å². The maximum atomic E-state index is 12.2. The summed E-state index contributed by atoms with van der Waals surface area (Å²) < 4.78 is 5.59. The molecule has 1 heterocycles. The number of likely N-dealkylation sites (tertiary alicyclic amines) is 1. The number of nitrogens with zero attached hydrogens (tertiary/aromatic N) is 1. The maximum Gasteiger partial charge on any atom is 0.223 e. The van der Waals surface area contributed by atoms with E-state index in [1.807, 2.05) is 23.1 Å². The van der Waals surface area contributed by atoms with Crippen LogP contribution in [0.3, 0.4) is 0 Å². The van der Waals surface area contributed by atoms with E-state index in [4.69, 9.17) is 4.74 Å². The molecule has 3 heteroatoms. The molecule has 0 bridgehead atoms. The molecule has 0 N–H and O–H groups in total. The van der Waals surface area contributed by atoms with Crippen molar-refractivity contribution in [2.75, 3.05) is 13.7 Å². The predicted octanol–water partition coefficient (Wildman–Crippen LogP) is 2.71. The molecular weight excluding hydrogens is 238 g/mol. The zero-order valence-electron chi connectivity index (χ0n) is 12.0. The van der Waals surface area contributed by atoms with E-state index < -0.39 is 0 Å². The van der Waals surface area contributed by atoms with Gasteiger partial charge >= 0.3 is 0 Å². The highest BCUT2D eigenvalue weighted by molar-refractivity contribution is 5.77. The molecule has 1 aliphatic heterocycles. The summed E-state index contributed by atoms with van der Waals surface area (Å²) in [5, 5.41) is 0. The second-order valence-corrected chi connectivity index (χ2v) is 5.65. The molecule has 0 radical (unpaired) electrons. The van der Waals surface area contributed by atoms with Crippen molar-refractivity contribution >= 4 is 5.91 Å². The Morgan fingerprint density at radius 1 is 1.32 bits per heavy atom. The third kappa shape index (κ3) is 3.35. The summed E-state index contributed by atoms with van der Waals surface area (Å²) >= 11 is 0. The second kappa shape index (κ2) is 6.20. The van der Waals surface area contributed by atoms with E-state index >= 15 is 0 Å². The molecule has 0 aliphatic carbocycles. The zero-order valence-corrected chi connectivity index (χ0v) is 12.0. The van der Waals surface area contributed by atoms with Crippen LogP contribution < -0.4 is 0 Å². The van der Waals surface area contributed by atoms with Crippen molar-refractivity contribution < 1.29 is 9.53 Å². The van der Waals surface area contributed by atoms with Gasteiger partial charge in [0.2, 0.25) is 5.91 Å². The van der Waals surface area contributed by atoms with Crippen LogP contribution in [0.5, 0.6) is 0 Å². The standard InChI is InChI=1S/C16H23NO2/c1-12(2)14-9-16(18)17(11-15(14)19-3)10-13-7-5-4-6-8-13/h4-8,12,14-15H,9-11H2,1-3H3. The molecule has 2 unspecified atom stereocenters. The molecule has 3 nitrogen and oxygen atoms in total. The highest BCUT2D eigenvalue weighted by Gasteiger charge is 2.35. The molecule has 1 aromatic carbocycles. The lowest BCUT2D eigenvalue weighted by molar-refractivity contribution is -0.144. The number of ether oxygens (including phenoxy) is 1. The first-order chi connectivity index (χ1) is 9.11. The fourth-order valence-corrected chi connectivity index (χ4v) is 2.79. The number of hydrogen-bond acceptors (Lipinski definition) is 2. The Labute approximate surface area is 115 Å². The van der Waals surface area contributed by atoms with Crippen molar-refractivity contribution in [3.8, 4) is 0 Å². The van der Waals surface area contributed by atoms with Gasteiger partial charge in [0.1, 0.15) is 0 Å². The van der Waals surface area contributed by atoms with Gasteiger partial charge in [0, 0.05) is 26.6 Å².